The smallest absolute Gasteiger partial charge is 0.266 e. The monoisotopic (exact) mass is 443 g/mol. The summed E-state index contributed by atoms with van der Waals surface area (Å²) in [5.41, 5.74) is 0.934. The fourth-order valence-electron chi connectivity index (χ4n) is 3.12. The van der Waals surface area contributed by atoms with Crippen LogP contribution in [0.4, 0.5) is 5.82 Å². The summed E-state index contributed by atoms with van der Waals surface area (Å²) in [6, 6.07) is 16.4. The number of pyridine rings is 1. The van der Waals surface area contributed by atoms with E-state index in [1.54, 1.807) is 62.6 Å². The molecule has 0 saturated carbocycles. The third-order valence-corrected chi connectivity index (χ3v) is 6.69. The number of carbonyl (C=O) groups excluding carboxylic acids is 1. The fourth-order valence-corrected chi connectivity index (χ4v) is 4.85. The van der Waals surface area contributed by atoms with E-state index in [0.29, 0.717) is 16.3 Å². The van der Waals surface area contributed by atoms with E-state index in [9.17, 15) is 13.2 Å². The molecule has 1 aliphatic rings. The van der Waals surface area contributed by atoms with Gasteiger partial charge in [0.25, 0.3) is 15.9 Å². The van der Waals surface area contributed by atoms with Crippen LogP contribution in [0.5, 0.6) is 11.6 Å². The Morgan fingerprint density at radius 3 is 2.47 bits per heavy atom. The van der Waals surface area contributed by atoms with Crippen molar-refractivity contribution in [3.05, 3.63) is 76.8 Å². The van der Waals surface area contributed by atoms with Gasteiger partial charge in [0, 0.05) is 30.7 Å². The number of ether oxygens (including phenoxy) is 1. The van der Waals surface area contributed by atoms with Crippen LogP contribution in [-0.2, 0) is 16.6 Å². The van der Waals surface area contributed by atoms with Crippen LogP contribution in [0.3, 0.4) is 0 Å². The van der Waals surface area contributed by atoms with Crippen molar-refractivity contribution >= 4 is 33.3 Å². The average Bonchev–Trinajstić information content (AvgIpc) is 3.00. The third-order valence-electron chi connectivity index (χ3n) is 4.59. The highest BCUT2D eigenvalue weighted by molar-refractivity contribution is 7.93. The molecule has 2 heterocycles. The number of aromatic nitrogens is 1. The summed E-state index contributed by atoms with van der Waals surface area (Å²) in [5, 5.41) is 0.549. The molecule has 0 spiro atoms. The van der Waals surface area contributed by atoms with Crippen molar-refractivity contribution in [3.8, 4) is 11.6 Å². The van der Waals surface area contributed by atoms with Crippen molar-refractivity contribution in [2.45, 2.75) is 11.4 Å². The molecule has 0 unspecified atom stereocenters. The van der Waals surface area contributed by atoms with E-state index in [2.05, 4.69) is 4.98 Å². The molecular formula is C21H18ClN3O4S. The molecule has 9 heteroatoms. The number of anilines is 1. The highest BCUT2D eigenvalue weighted by Crippen LogP contribution is 2.35. The second kappa shape index (κ2) is 7.62. The van der Waals surface area contributed by atoms with Crippen LogP contribution in [0.15, 0.2) is 65.6 Å². The van der Waals surface area contributed by atoms with E-state index in [-0.39, 0.29) is 34.6 Å². The molecule has 0 N–H and O–H groups in total. The topological polar surface area (TPSA) is 79.8 Å². The molecule has 1 aliphatic heterocycles. The first kappa shape index (κ1) is 20.2. The van der Waals surface area contributed by atoms with Gasteiger partial charge in [0.05, 0.1) is 11.4 Å². The van der Waals surface area contributed by atoms with Gasteiger partial charge in [0.1, 0.15) is 11.6 Å². The molecule has 1 amide bonds. The third kappa shape index (κ3) is 3.71. The molecule has 7 nitrogen and oxygen atoms in total. The summed E-state index contributed by atoms with van der Waals surface area (Å²) in [7, 11) is -0.553. The van der Waals surface area contributed by atoms with Gasteiger partial charge in [-0.15, -0.1) is 0 Å². The van der Waals surface area contributed by atoms with Crippen molar-refractivity contribution in [3.63, 3.8) is 0 Å². The average molecular weight is 444 g/mol. The van der Waals surface area contributed by atoms with E-state index >= 15 is 0 Å². The molecule has 0 bridgehead atoms. The molecule has 0 radical (unpaired) electrons. The van der Waals surface area contributed by atoms with Gasteiger partial charge >= 0.3 is 0 Å². The quantitative estimate of drug-likeness (QED) is 0.610. The molecule has 0 atom stereocenters. The first-order chi connectivity index (χ1) is 14.3. The summed E-state index contributed by atoms with van der Waals surface area (Å²) < 4.78 is 33.1. The Bertz CT molecular complexity index is 1230. The fraction of sp³-hybridized carbons (Fsp3) is 0.143. The molecule has 0 fully saturated rings. The Kier molecular flexibility index (Phi) is 5.13. The van der Waals surface area contributed by atoms with Crippen molar-refractivity contribution in [1.29, 1.82) is 0 Å². The number of fused-ring (bicyclic) bond motifs is 1. The zero-order valence-electron chi connectivity index (χ0n) is 16.2. The normalized spacial score (nSPS) is 14.3. The molecule has 4 rings (SSSR count). The number of amides is 1. The van der Waals surface area contributed by atoms with Crippen LogP contribution in [0.1, 0.15) is 15.9 Å². The Morgan fingerprint density at radius 1 is 1.10 bits per heavy atom. The van der Waals surface area contributed by atoms with Gasteiger partial charge < -0.3 is 9.64 Å². The second-order valence-corrected chi connectivity index (χ2v) is 9.19. The predicted molar refractivity (Wildman–Crippen MR) is 114 cm³/mol. The lowest BCUT2D eigenvalue weighted by molar-refractivity contribution is 0.0827. The van der Waals surface area contributed by atoms with Crippen molar-refractivity contribution in [1.82, 2.24) is 9.88 Å². The number of nitrogens with zero attached hydrogens (tertiary/aromatic N) is 3. The van der Waals surface area contributed by atoms with Crippen molar-refractivity contribution < 1.29 is 17.9 Å². The van der Waals surface area contributed by atoms with Crippen LogP contribution in [0.2, 0.25) is 5.02 Å². The van der Waals surface area contributed by atoms with Gasteiger partial charge in [0.15, 0.2) is 0 Å². The Labute approximate surface area is 179 Å². The Morgan fingerprint density at radius 2 is 1.80 bits per heavy atom. The number of carbonyl (C=O) groups is 1. The van der Waals surface area contributed by atoms with Crippen LogP contribution >= 0.6 is 11.6 Å². The van der Waals surface area contributed by atoms with Gasteiger partial charge in [0.2, 0.25) is 5.88 Å². The SMILES string of the molecule is CN(C)C(=O)c1cc(Oc2ccc(Cl)cc2)nc(N2Cc3ccccc3S2(=O)=O)c1. The van der Waals surface area contributed by atoms with Gasteiger partial charge in [-0.2, -0.15) is 4.98 Å². The lowest BCUT2D eigenvalue weighted by Gasteiger charge is -2.19. The maximum atomic E-state index is 13.0. The number of hydrogen-bond donors (Lipinski definition) is 0. The highest BCUT2D eigenvalue weighted by atomic mass is 35.5. The largest absolute Gasteiger partial charge is 0.439 e. The summed E-state index contributed by atoms with van der Waals surface area (Å²) in [6.45, 7) is 0.130. The van der Waals surface area contributed by atoms with Crippen molar-refractivity contribution in [2.75, 3.05) is 18.4 Å². The van der Waals surface area contributed by atoms with E-state index in [1.807, 2.05) is 0 Å². The predicted octanol–water partition coefficient (Wildman–Crippen LogP) is 3.94. The zero-order chi connectivity index (χ0) is 21.5. The minimum absolute atomic E-state index is 0.103. The number of rotatable bonds is 4. The summed E-state index contributed by atoms with van der Waals surface area (Å²) in [4.78, 5) is 18.6. The van der Waals surface area contributed by atoms with Crippen LogP contribution in [0, 0.1) is 0 Å². The van der Waals surface area contributed by atoms with Crippen LogP contribution < -0.4 is 9.04 Å². The lowest BCUT2D eigenvalue weighted by atomic mass is 10.2. The van der Waals surface area contributed by atoms with E-state index in [1.165, 1.54) is 21.3 Å². The molecule has 1 aromatic heterocycles. The molecule has 0 saturated heterocycles. The summed E-state index contributed by atoms with van der Waals surface area (Å²) >= 11 is 5.91. The maximum Gasteiger partial charge on any atom is 0.266 e. The number of hydrogen-bond acceptors (Lipinski definition) is 5. The number of sulfonamides is 1. The second-order valence-electron chi connectivity index (χ2n) is 6.93. The minimum atomic E-state index is -3.78. The maximum absolute atomic E-state index is 13.0. The molecule has 30 heavy (non-hydrogen) atoms. The Balaban J connectivity index is 1.78. The molecular weight excluding hydrogens is 426 g/mol. The Hall–Kier alpha value is -3.10. The number of halogens is 1. The van der Waals surface area contributed by atoms with E-state index in [4.69, 9.17) is 16.3 Å². The van der Waals surface area contributed by atoms with Crippen LogP contribution in [-0.4, -0.2) is 38.3 Å². The molecule has 0 aliphatic carbocycles. The number of benzene rings is 2. The molecule has 154 valence electrons. The van der Waals surface area contributed by atoms with Gasteiger partial charge in [-0.25, -0.2) is 12.7 Å². The summed E-state index contributed by atoms with van der Waals surface area (Å²) in [6.07, 6.45) is 0. The van der Waals surface area contributed by atoms with Gasteiger partial charge in [-0.1, -0.05) is 29.8 Å². The van der Waals surface area contributed by atoms with Gasteiger partial charge in [-0.3, -0.25) is 4.79 Å². The van der Waals surface area contributed by atoms with Crippen LogP contribution in [0.25, 0.3) is 0 Å². The zero-order valence-corrected chi connectivity index (χ0v) is 17.8. The van der Waals surface area contributed by atoms with E-state index < -0.39 is 10.0 Å². The first-order valence-corrected chi connectivity index (χ1v) is 10.9. The van der Waals surface area contributed by atoms with Gasteiger partial charge in [-0.05, 0) is 42.0 Å². The van der Waals surface area contributed by atoms with Crippen molar-refractivity contribution in [2.24, 2.45) is 0 Å². The van der Waals surface area contributed by atoms with E-state index in [0.717, 1.165) is 0 Å². The first-order valence-electron chi connectivity index (χ1n) is 9.03. The summed E-state index contributed by atoms with van der Waals surface area (Å²) in [5.74, 6) is 0.377. The standard InChI is InChI=1S/C21H18ClN3O4S/c1-24(2)21(26)15-11-19(23-20(12-15)29-17-9-7-16(22)8-10-17)25-13-14-5-3-4-6-18(14)30(25,27)28/h3-12H,13H2,1-2H3. The molecule has 3 aromatic rings. The molecule has 2 aromatic carbocycles. The minimum Gasteiger partial charge on any atom is -0.439 e. The lowest BCUT2D eigenvalue weighted by Crippen LogP contribution is -2.26. The highest BCUT2D eigenvalue weighted by Gasteiger charge is 2.36.